The van der Waals surface area contributed by atoms with Crippen molar-refractivity contribution in [2.24, 2.45) is 0 Å². The van der Waals surface area contributed by atoms with Crippen molar-refractivity contribution >= 4 is 45.3 Å². The second kappa shape index (κ2) is 11.4. The number of carbonyl (C=O) groups excluding carboxylic acids is 2. The van der Waals surface area contributed by atoms with Crippen molar-refractivity contribution in [3.05, 3.63) is 64.9 Å². The summed E-state index contributed by atoms with van der Waals surface area (Å²) in [6.07, 6.45) is 6.34. The lowest BCUT2D eigenvalue weighted by molar-refractivity contribution is -0.142. The molecule has 7 nitrogen and oxygen atoms in total. The minimum Gasteiger partial charge on any atom is -0.452 e. The molecule has 0 aliphatic carbocycles. The van der Waals surface area contributed by atoms with Crippen molar-refractivity contribution in [2.45, 2.75) is 30.6 Å². The van der Waals surface area contributed by atoms with E-state index in [4.69, 9.17) is 16.3 Å². The average Bonchev–Trinajstić information content (AvgIpc) is 3.09. The Hall–Kier alpha value is -2.75. The highest BCUT2D eigenvalue weighted by Gasteiger charge is 2.24. The van der Waals surface area contributed by atoms with Gasteiger partial charge in [0, 0.05) is 24.2 Å². The predicted octanol–water partition coefficient (Wildman–Crippen LogP) is 4.24. The first-order valence-corrected chi connectivity index (χ1v) is 12.3. The fraction of sp³-hybridized carbons (Fsp3) is 0.304. The minimum absolute atomic E-state index is 0.0776. The van der Waals surface area contributed by atoms with Crippen LogP contribution in [-0.4, -0.2) is 44.3 Å². The predicted molar refractivity (Wildman–Crippen MR) is 124 cm³/mol. The van der Waals surface area contributed by atoms with E-state index >= 15 is 0 Å². The summed E-state index contributed by atoms with van der Waals surface area (Å²) in [4.78, 5) is 23.9. The van der Waals surface area contributed by atoms with Crippen LogP contribution < -0.4 is 5.32 Å². The number of carbonyl (C=O) groups is 2. The Morgan fingerprint density at radius 2 is 1.73 bits per heavy atom. The standard InChI is InChI=1S/C23H24ClFN2O5S/c24-18-8-11-21(20(25)15-18)26-22(28)16-32-23(29)12-7-17-5-9-19(10-6-17)33(30,31)27-13-3-1-2-4-14-27/h5-12,15H,1-4,13-14,16H2,(H,26,28)/b12-7+. The summed E-state index contributed by atoms with van der Waals surface area (Å²) in [5.41, 5.74) is 0.515. The lowest BCUT2D eigenvalue weighted by Crippen LogP contribution is -2.31. The molecule has 0 unspecified atom stereocenters. The molecule has 0 bridgehead atoms. The molecule has 0 saturated carbocycles. The Morgan fingerprint density at radius 3 is 2.36 bits per heavy atom. The first kappa shape index (κ1) is 24.9. The smallest absolute Gasteiger partial charge is 0.331 e. The van der Waals surface area contributed by atoms with E-state index in [2.05, 4.69) is 5.32 Å². The number of hydrogen-bond acceptors (Lipinski definition) is 5. The lowest BCUT2D eigenvalue weighted by Gasteiger charge is -2.19. The molecule has 1 aliphatic heterocycles. The van der Waals surface area contributed by atoms with Crippen LogP contribution in [0.15, 0.2) is 53.4 Å². The van der Waals surface area contributed by atoms with Crippen LogP contribution in [0.4, 0.5) is 10.1 Å². The zero-order valence-corrected chi connectivity index (χ0v) is 19.4. The highest BCUT2D eigenvalue weighted by atomic mass is 35.5. The maximum Gasteiger partial charge on any atom is 0.331 e. The molecule has 0 spiro atoms. The number of ether oxygens (including phenoxy) is 1. The van der Waals surface area contributed by atoms with Crippen molar-refractivity contribution in [1.29, 1.82) is 0 Å². The van der Waals surface area contributed by atoms with Crippen molar-refractivity contribution < 1.29 is 27.1 Å². The molecule has 3 rings (SSSR count). The summed E-state index contributed by atoms with van der Waals surface area (Å²) >= 11 is 5.65. The van der Waals surface area contributed by atoms with Crippen LogP contribution in [0.3, 0.4) is 0 Å². The number of anilines is 1. The second-order valence-corrected chi connectivity index (χ2v) is 9.88. The Kier molecular flexibility index (Phi) is 8.60. The number of amides is 1. The molecule has 1 heterocycles. The fourth-order valence-corrected chi connectivity index (χ4v) is 4.98. The van der Waals surface area contributed by atoms with Gasteiger partial charge in [-0.15, -0.1) is 0 Å². The van der Waals surface area contributed by atoms with Crippen LogP contribution >= 0.6 is 11.6 Å². The Morgan fingerprint density at radius 1 is 1.06 bits per heavy atom. The molecule has 0 radical (unpaired) electrons. The Balaban J connectivity index is 1.52. The molecular weight excluding hydrogens is 471 g/mol. The number of nitrogens with one attached hydrogen (secondary N) is 1. The highest BCUT2D eigenvalue weighted by molar-refractivity contribution is 7.89. The van der Waals surface area contributed by atoms with Crippen LogP contribution in [0.2, 0.25) is 5.02 Å². The molecular formula is C23H24ClFN2O5S. The van der Waals surface area contributed by atoms with Crippen molar-refractivity contribution in [2.75, 3.05) is 25.0 Å². The molecule has 2 aromatic carbocycles. The fourth-order valence-electron chi connectivity index (χ4n) is 3.31. The average molecular weight is 495 g/mol. The third-order valence-electron chi connectivity index (χ3n) is 5.05. The van der Waals surface area contributed by atoms with Crippen molar-refractivity contribution in [3.8, 4) is 0 Å². The molecule has 1 saturated heterocycles. The molecule has 2 aromatic rings. The monoisotopic (exact) mass is 494 g/mol. The van der Waals surface area contributed by atoms with Crippen molar-refractivity contribution in [1.82, 2.24) is 4.31 Å². The maximum atomic E-state index is 13.7. The normalized spacial score (nSPS) is 15.2. The van der Waals surface area contributed by atoms with Gasteiger partial charge in [0.05, 0.1) is 10.6 Å². The van der Waals surface area contributed by atoms with Gasteiger partial charge in [-0.2, -0.15) is 4.31 Å². The van der Waals surface area contributed by atoms with E-state index in [1.54, 1.807) is 12.1 Å². The summed E-state index contributed by atoms with van der Waals surface area (Å²) < 4.78 is 45.6. The van der Waals surface area contributed by atoms with Crippen LogP contribution in [-0.2, 0) is 24.3 Å². The van der Waals surface area contributed by atoms with Gasteiger partial charge < -0.3 is 10.1 Å². The van der Waals surface area contributed by atoms with E-state index in [0.717, 1.165) is 37.8 Å². The van der Waals surface area contributed by atoms with Crippen LogP contribution in [0, 0.1) is 5.82 Å². The van der Waals surface area contributed by atoms with Gasteiger partial charge in [0.1, 0.15) is 5.82 Å². The molecule has 10 heteroatoms. The molecule has 33 heavy (non-hydrogen) atoms. The summed E-state index contributed by atoms with van der Waals surface area (Å²) in [6, 6.07) is 9.94. The first-order valence-electron chi connectivity index (χ1n) is 10.5. The Bertz CT molecular complexity index is 1130. The number of rotatable bonds is 7. The largest absolute Gasteiger partial charge is 0.452 e. The van der Waals surface area contributed by atoms with Crippen LogP contribution in [0.1, 0.15) is 31.2 Å². The van der Waals surface area contributed by atoms with Crippen molar-refractivity contribution in [3.63, 3.8) is 0 Å². The third-order valence-corrected chi connectivity index (χ3v) is 7.19. The quantitative estimate of drug-likeness (QED) is 0.459. The topological polar surface area (TPSA) is 92.8 Å². The van der Waals surface area contributed by atoms with Gasteiger partial charge in [0.25, 0.3) is 5.91 Å². The van der Waals surface area contributed by atoms with Gasteiger partial charge in [-0.3, -0.25) is 4.79 Å². The molecule has 1 N–H and O–H groups in total. The maximum absolute atomic E-state index is 13.7. The number of hydrogen-bond donors (Lipinski definition) is 1. The lowest BCUT2D eigenvalue weighted by atomic mass is 10.2. The van der Waals surface area contributed by atoms with E-state index in [1.807, 2.05) is 0 Å². The van der Waals surface area contributed by atoms with Gasteiger partial charge in [-0.1, -0.05) is 36.6 Å². The zero-order chi connectivity index (χ0) is 23.8. The van der Waals surface area contributed by atoms with Gasteiger partial charge >= 0.3 is 5.97 Å². The van der Waals surface area contributed by atoms with Gasteiger partial charge in [-0.05, 0) is 54.8 Å². The van der Waals surface area contributed by atoms with E-state index in [-0.39, 0.29) is 15.6 Å². The highest BCUT2D eigenvalue weighted by Crippen LogP contribution is 2.21. The SMILES string of the molecule is O=C(COC(=O)/C=C/c1ccc(S(=O)(=O)N2CCCCCC2)cc1)Nc1ccc(Cl)cc1F. The molecule has 0 atom stereocenters. The second-order valence-electron chi connectivity index (χ2n) is 7.50. The van der Waals surface area contributed by atoms with Gasteiger partial charge in [0.15, 0.2) is 6.61 Å². The number of nitrogens with zero attached hydrogens (tertiary/aromatic N) is 1. The number of halogens is 2. The summed E-state index contributed by atoms with van der Waals surface area (Å²) in [5, 5.41) is 2.47. The van der Waals surface area contributed by atoms with E-state index in [0.29, 0.717) is 18.7 Å². The van der Waals surface area contributed by atoms with E-state index < -0.39 is 34.3 Å². The summed E-state index contributed by atoms with van der Waals surface area (Å²) in [7, 11) is -3.54. The van der Waals surface area contributed by atoms with E-state index in [1.165, 1.54) is 34.6 Å². The minimum atomic E-state index is -3.54. The molecule has 176 valence electrons. The summed E-state index contributed by atoms with van der Waals surface area (Å²) in [6.45, 7) is 0.445. The van der Waals surface area contributed by atoms with Crippen LogP contribution in [0.25, 0.3) is 6.08 Å². The van der Waals surface area contributed by atoms with Gasteiger partial charge in [-0.25, -0.2) is 17.6 Å². The number of benzene rings is 2. The van der Waals surface area contributed by atoms with E-state index in [9.17, 15) is 22.4 Å². The summed E-state index contributed by atoms with van der Waals surface area (Å²) in [5.74, 6) is -2.19. The molecule has 1 fully saturated rings. The zero-order valence-electron chi connectivity index (χ0n) is 17.8. The molecule has 0 aromatic heterocycles. The Labute approximate surface area is 197 Å². The molecule has 1 aliphatic rings. The number of esters is 1. The van der Waals surface area contributed by atoms with Gasteiger partial charge in [0.2, 0.25) is 10.0 Å². The first-order chi connectivity index (χ1) is 15.8. The van der Waals surface area contributed by atoms with Crippen LogP contribution in [0.5, 0.6) is 0 Å². The number of sulfonamides is 1. The molecule has 1 amide bonds. The third kappa shape index (κ3) is 7.12.